The van der Waals surface area contributed by atoms with Crippen LogP contribution in [0.25, 0.3) is 0 Å². The molecule has 2 saturated heterocycles. The molecule has 0 aliphatic carbocycles. The summed E-state index contributed by atoms with van der Waals surface area (Å²) in [6.07, 6.45) is 3.68. The number of carbonyl (C=O) groups is 2. The van der Waals surface area contributed by atoms with Crippen molar-refractivity contribution in [1.29, 1.82) is 0 Å². The molecule has 0 saturated carbocycles. The first-order valence-electron chi connectivity index (χ1n) is 9.48. The van der Waals surface area contributed by atoms with Gasteiger partial charge in [-0.2, -0.15) is 11.8 Å². The first-order chi connectivity index (χ1) is 12.6. The fraction of sp³-hybridized carbons (Fsp3) is 0.600. The third-order valence-electron chi connectivity index (χ3n) is 5.11. The molecule has 1 aromatic rings. The molecule has 6 heteroatoms. The molecule has 2 fully saturated rings. The molecule has 142 valence electrons. The second-order valence-corrected chi connectivity index (χ2v) is 8.17. The summed E-state index contributed by atoms with van der Waals surface area (Å²) in [7, 11) is 0. The lowest BCUT2D eigenvalue weighted by molar-refractivity contribution is -0.134. The number of nitrogens with one attached hydrogen (secondary N) is 1. The lowest BCUT2D eigenvalue weighted by Crippen LogP contribution is -2.45. The average molecular weight is 377 g/mol. The highest BCUT2D eigenvalue weighted by molar-refractivity contribution is 7.99. The normalized spacial score (nSPS) is 22.3. The molecule has 5 nitrogen and oxygen atoms in total. The minimum atomic E-state index is -0.113. The zero-order valence-electron chi connectivity index (χ0n) is 15.4. The van der Waals surface area contributed by atoms with E-state index in [1.165, 1.54) is 0 Å². The molecule has 2 aliphatic heterocycles. The molecule has 1 N–H and O–H groups in total. The second kappa shape index (κ2) is 9.42. The highest BCUT2D eigenvalue weighted by atomic mass is 32.2. The smallest absolute Gasteiger partial charge is 0.251 e. The van der Waals surface area contributed by atoms with Crippen molar-refractivity contribution < 1.29 is 14.3 Å². The third kappa shape index (κ3) is 5.01. The lowest BCUT2D eigenvalue weighted by atomic mass is 10.1. The van der Waals surface area contributed by atoms with Gasteiger partial charge in [0.1, 0.15) is 0 Å². The van der Waals surface area contributed by atoms with Crippen LogP contribution in [-0.4, -0.2) is 60.1 Å². The number of benzene rings is 1. The van der Waals surface area contributed by atoms with E-state index < -0.39 is 0 Å². The molecule has 26 heavy (non-hydrogen) atoms. The van der Waals surface area contributed by atoms with Crippen LogP contribution in [0.4, 0.5) is 0 Å². The number of ether oxygens (including phenoxy) is 1. The Kier molecular flexibility index (Phi) is 6.97. The van der Waals surface area contributed by atoms with E-state index in [0.717, 1.165) is 42.9 Å². The summed E-state index contributed by atoms with van der Waals surface area (Å²) in [5, 5.41) is 2.89. The van der Waals surface area contributed by atoms with Crippen molar-refractivity contribution in [3.63, 3.8) is 0 Å². The molecule has 0 unspecified atom stereocenters. The Labute approximate surface area is 159 Å². The van der Waals surface area contributed by atoms with Crippen molar-refractivity contribution in [3.8, 4) is 0 Å². The van der Waals surface area contributed by atoms with E-state index in [4.69, 9.17) is 4.74 Å². The summed E-state index contributed by atoms with van der Waals surface area (Å²) < 4.78 is 5.74. The summed E-state index contributed by atoms with van der Waals surface area (Å²) in [6, 6.07) is 7.81. The monoisotopic (exact) mass is 376 g/mol. The van der Waals surface area contributed by atoms with E-state index in [1.807, 2.05) is 47.9 Å². The largest absolute Gasteiger partial charge is 0.376 e. The van der Waals surface area contributed by atoms with E-state index in [-0.39, 0.29) is 17.9 Å². The highest BCUT2D eigenvalue weighted by Crippen LogP contribution is 2.25. The van der Waals surface area contributed by atoms with Crippen molar-refractivity contribution >= 4 is 23.6 Å². The van der Waals surface area contributed by atoms with E-state index >= 15 is 0 Å². The Morgan fingerprint density at radius 2 is 2.15 bits per heavy atom. The number of hydrogen-bond acceptors (Lipinski definition) is 4. The van der Waals surface area contributed by atoms with Crippen LogP contribution in [0.15, 0.2) is 24.3 Å². The summed E-state index contributed by atoms with van der Waals surface area (Å²) in [6.45, 7) is 3.78. The number of hydrogen-bond donors (Lipinski definition) is 1. The zero-order valence-corrected chi connectivity index (χ0v) is 16.2. The van der Waals surface area contributed by atoms with Crippen molar-refractivity contribution in [3.05, 3.63) is 35.4 Å². The molecular formula is C20H28N2O3S. The standard InChI is InChI=1S/C20H28N2O3S/c1-15-5-2-3-7-18(15)20(24)21-10-8-19(23)22(16-9-12-26-14-16)13-17-6-4-11-25-17/h2-3,5,7,16-17H,4,6,8-14H2,1H3,(H,21,24)/t16-,17+/m1/s1. The second-order valence-electron chi connectivity index (χ2n) is 7.02. The van der Waals surface area contributed by atoms with E-state index in [1.54, 1.807) is 0 Å². The number of nitrogens with zero attached hydrogens (tertiary/aromatic N) is 1. The molecule has 2 amide bonds. The maximum atomic E-state index is 12.8. The maximum absolute atomic E-state index is 12.8. The first-order valence-corrected chi connectivity index (χ1v) is 10.6. The third-order valence-corrected chi connectivity index (χ3v) is 6.25. The van der Waals surface area contributed by atoms with Crippen LogP contribution in [0.1, 0.15) is 41.6 Å². The Morgan fingerprint density at radius 3 is 2.85 bits per heavy atom. The van der Waals surface area contributed by atoms with Gasteiger partial charge in [-0.05, 0) is 43.6 Å². The Balaban J connectivity index is 1.52. The van der Waals surface area contributed by atoms with Gasteiger partial charge in [0, 0.05) is 43.5 Å². The van der Waals surface area contributed by atoms with Gasteiger partial charge in [0.2, 0.25) is 5.91 Å². The summed E-state index contributed by atoms with van der Waals surface area (Å²) >= 11 is 1.91. The molecule has 1 aromatic carbocycles. The van der Waals surface area contributed by atoms with Crippen LogP contribution in [0.5, 0.6) is 0 Å². The maximum Gasteiger partial charge on any atom is 0.251 e. The van der Waals surface area contributed by atoms with Crippen molar-refractivity contribution in [2.45, 2.75) is 44.8 Å². The van der Waals surface area contributed by atoms with Crippen molar-refractivity contribution in [2.24, 2.45) is 0 Å². The van der Waals surface area contributed by atoms with Gasteiger partial charge in [-0.15, -0.1) is 0 Å². The Hall–Kier alpha value is -1.53. The highest BCUT2D eigenvalue weighted by Gasteiger charge is 2.30. The number of carbonyl (C=O) groups excluding carboxylic acids is 2. The van der Waals surface area contributed by atoms with Crippen molar-refractivity contribution in [1.82, 2.24) is 10.2 Å². The van der Waals surface area contributed by atoms with Gasteiger partial charge in [0.05, 0.1) is 6.10 Å². The topological polar surface area (TPSA) is 58.6 Å². The molecule has 2 aliphatic rings. The number of thioether (sulfide) groups is 1. The van der Waals surface area contributed by atoms with Gasteiger partial charge >= 0.3 is 0 Å². The lowest BCUT2D eigenvalue weighted by Gasteiger charge is -2.31. The van der Waals surface area contributed by atoms with Crippen LogP contribution in [0, 0.1) is 6.92 Å². The molecule has 0 radical (unpaired) electrons. The average Bonchev–Trinajstić information content (AvgIpc) is 3.33. The quantitative estimate of drug-likeness (QED) is 0.795. The van der Waals surface area contributed by atoms with Crippen LogP contribution >= 0.6 is 11.8 Å². The minimum absolute atomic E-state index is 0.113. The summed E-state index contributed by atoms with van der Waals surface area (Å²) in [5.41, 5.74) is 1.61. The fourth-order valence-corrected chi connectivity index (χ4v) is 4.80. The Morgan fingerprint density at radius 1 is 1.31 bits per heavy atom. The predicted octanol–water partition coefficient (Wildman–Crippen LogP) is 2.63. The van der Waals surface area contributed by atoms with E-state index in [0.29, 0.717) is 31.1 Å². The van der Waals surface area contributed by atoms with Crippen molar-refractivity contribution in [2.75, 3.05) is 31.2 Å². The van der Waals surface area contributed by atoms with Crippen LogP contribution in [0.2, 0.25) is 0 Å². The number of aryl methyl sites for hydroxylation is 1. The predicted molar refractivity (Wildman–Crippen MR) is 105 cm³/mol. The zero-order chi connectivity index (χ0) is 18.4. The summed E-state index contributed by atoms with van der Waals surface area (Å²) in [4.78, 5) is 27.1. The molecular weight excluding hydrogens is 348 g/mol. The van der Waals surface area contributed by atoms with E-state index in [9.17, 15) is 9.59 Å². The van der Waals surface area contributed by atoms with Gasteiger partial charge in [-0.1, -0.05) is 18.2 Å². The molecule has 0 spiro atoms. The van der Waals surface area contributed by atoms with Gasteiger partial charge in [-0.3, -0.25) is 9.59 Å². The molecule has 0 aromatic heterocycles. The summed E-state index contributed by atoms with van der Waals surface area (Å²) in [5.74, 6) is 2.13. The number of rotatable bonds is 7. The van der Waals surface area contributed by atoms with Crippen LogP contribution in [0.3, 0.4) is 0 Å². The molecule has 2 heterocycles. The van der Waals surface area contributed by atoms with Gasteiger partial charge in [0.25, 0.3) is 5.91 Å². The molecule has 2 atom stereocenters. The molecule has 3 rings (SSSR count). The Bertz CT molecular complexity index is 625. The molecule has 0 bridgehead atoms. The van der Waals surface area contributed by atoms with Gasteiger partial charge < -0.3 is 15.0 Å². The van der Waals surface area contributed by atoms with Crippen LogP contribution in [-0.2, 0) is 9.53 Å². The fourth-order valence-electron chi connectivity index (χ4n) is 3.58. The van der Waals surface area contributed by atoms with Gasteiger partial charge in [0.15, 0.2) is 0 Å². The van der Waals surface area contributed by atoms with Gasteiger partial charge in [-0.25, -0.2) is 0 Å². The first kappa shape index (κ1) is 19.2. The minimum Gasteiger partial charge on any atom is -0.376 e. The van der Waals surface area contributed by atoms with Crippen LogP contribution < -0.4 is 5.32 Å². The number of amides is 2. The SMILES string of the molecule is Cc1ccccc1C(=O)NCCC(=O)N(C[C@@H]1CCCO1)[C@@H]1CCSC1. The van der Waals surface area contributed by atoms with E-state index in [2.05, 4.69) is 5.32 Å².